The Morgan fingerprint density at radius 3 is 2.64 bits per heavy atom. The Morgan fingerprint density at radius 1 is 1.22 bits per heavy atom. The summed E-state index contributed by atoms with van der Waals surface area (Å²) >= 11 is 0. The van der Waals surface area contributed by atoms with Crippen LogP contribution in [0.1, 0.15) is 78.9 Å². The number of carbonyl (C=O) groups excluding carboxylic acids is 1. The third kappa shape index (κ3) is 5.01. The van der Waals surface area contributed by atoms with Crippen LogP contribution >= 0.6 is 0 Å². The highest BCUT2D eigenvalue weighted by atomic mass is 19.1. The van der Waals surface area contributed by atoms with Crippen LogP contribution in [0, 0.1) is 11.6 Å². The summed E-state index contributed by atoms with van der Waals surface area (Å²) < 4.78 is 29.1. The van der Waals surface area contributed by atoms with Crippen LogP contribution in [0.2, 0.25) is 0 Å². The van der Waals surface area contributed by atoms with Gasteiger partial charge in [-0.25, -0.2) is 8.78 Å². The Labute approximate surface area is 208 Å². The van der Waals surface area contributed by atoms with Crippen LogP contribution in [-0.4, -0.2) is 43.5 Å². The van der Waals surface area contributed by atoms with Crippen LogP contribution in [0.15, 0.2) is 47.4 Å². The number of hydrogen-bond donors (Lipinski definition) is 1. The van der Waals surface area contributed by atoms with Gasteiger partial charge in [0.1, 0.15) is 17.5 Å². The molecule has 0 bridgehead atoms. The van der Waals surface area contributed by atoms with Crippen molar-refractivity contribution in [3.05, 3.63) is 87.2 Å². The van der Waals surface area contributed by atoms with Crippen molar-refractivity contribution in [3.63, 3.8) is 0 Å². The largest absolute Gasteiger partial charge is 0.493 e. The molecule has 0 spiro atoms. The fourth-order valence-corrected chi connectivity index (χ4v) is 4.88. The molecule has 9 heteroatoms. The van der Waals surface area contributed by atoms with E-state index in [0.717, 1.165) is 30.7 Å². The zero-order valence-electron chi connectivity index (χ0n) is 20.5. The number of aromatic hydroxyl groups is 1. The van der Waals surface area contributed by atoms with Crippen LogP contribution in [0.3, 0.4) is 0 Å². The molecule has 3 aromatic rings. The average molecular weight is 497 g/mol. The molecule has 1 aliphatic heterocycles. The summed E-state index contributed by atoms with van der Waals surface area (Å²) in [5, 5.41) is 10.7. The summed E-state index contributed by atoms with van der Waals surface area (Å²) in [7, 11) is 0. The highest BCUT2D eigenvalue weighted by Crippen LogP contribution is 2.30. The van der Waals surface area contributed by atoms with Gasteiger partial charge in [-0.1, -0.05) is 50.6 Å². The molecule has 1 fully saturated rings. The monoisotopic (exact) mass is 496 g/mol. The Morgan fingerprint density at radius 2 is 1.97 bits per heavy atom. The standard InChI is InChI=1S/C27H30F2N4O3/c1-3-5-11-22-31-25(34)23(27(36)33(22)21(4-2)17-9-7-6-8-10-17)26(35)32-13-12-18(16-32)24-20(29)14-19(28)15-30-24/h6-10,14-15,18,21,34H,3-5,11-13,16H2,1-2H3. The maximum Gasteiger partial charge on any atom is 0.270 e. The second kappa shape index (κ2) is 11.0. The van der Waals surface area contributed by atoms with Gasteiger partial charge >= 0.3 is 0 Å². The minimum Gasteiger partial charge on any atom is -0.493 e. The fourth-order valence-electron chi connectivity index (χ4n) is 4.88. The first-order valence-electron chi connectivity index (χ1n) is 12.3. The molecule has 1 aromatic carbocycles. The van der Waals surface area contributed by atoms with Crippen LogP contribution < -0.4 is 5.56 Å². The van der Waals surface area contributed by atoms with E-state index >= 15 is 0 Å². The summed E-state index contributed by atoms with van der Waals surface area (Å²) in [6.45, 7) is 4.32. The third-order valence-electron chi connectivity index (χ3n) is 6.72. The lowest BCUT2D eigenvalue weighted by Gasteiger charge is -2.24. The number of unbranched alkanes of at least 4 members (excludes halogenated alkanes) is 1. The second-order valence-corrected chi connectivity index (χ2v) is 9.10. The molecular formula is C27H30F2N4O3. The van der Waals surface area contributed by atoms with Crippen LogP contribution in [0.25, 0.3) is 0 Å². The molecule has 3 heterocycles. The van der Waals surface area contributed by atoms with Crippen molar-refractivity contribution in [2.45, 2.75) is 57.9 Å². The smallest absolute Gasteiger partial charge is 0.270 e. The second-order valence-electron chi connectivity index (χ2n) is 9.10. The lowest BCUT2D eigenvalue weighted by Crippen LogP contribution is -2.38. The normalized spacial score (nSPS) is 16.3. The minimum absolute atomic E-state index is 0.0801. The van der Waals surface area contributed by atoms with Gasteiger partial charge in [-0.2, -0.15) is 4.98 Å². The molecule has 1 saturated heterocycles. The molecule has 7 nitrogen and oxygen atoms in total. The molecule has 4 rings (SSSR count). The minimum atomic E-state index is -0.772. The number of likely N-dealkylation sites (tertiary alicyclic amines) is 1. The number of amides is 1. The van der Waals surface area contributed by atoms with Gasteiger partial charge in [0.2, 0.25) is 5.88 Å². The van der Waals surface area contributed by atoms with Crippen molar-refractivity contribution in [1.82, 2.24) is 19.4 Å². The quantitative estimate of drug-likeness (QED) is 0.493. The predicted molar refractivity (Wildman–Crippen MR) is 131 cm³/mol. The molecule has 2 atom stereocenters. The van der Waals surface area contributed by atoms with Gasteiger partial charge in [0.15, 0.2) is 5.56 Å². The third-order valence-corrected chi connectivity index (χ3v) is 6.72. The van der Waals surface area contributed by atoms with E-state index in [0.29, 0.717) is 25.1 Å². The molecule has 190 valence electrons. The lowest BCUT2D eigenvalue weighted by molar-refractivity contribution is 0.0783. The van der Waals surface area contributed by atoms with Crippen LogP contribution in [0.4, 0.5) is 8.78 Å². The molecule has 0 aliphatic carbocycles. The molecule has 1 N–H and O–H groups in total. The molecule has 2 aromatic heterocycles. The van der Waals surface area contributed by atoms with Crippen molar-refractivity contribution in [3.8, 4) is 5.88 Å². The van der Waals surface area contributed by atoms with Crippen molar-refractivity contribution in [2.24, 2.45) is 0 Å². The van der Waals surface area contributed by atoms with Crippen molar-refractivity contribution in [1.29, 1.82) is 0 Å². The Balaban J connectivity index is 1.71. The summed E-state index contributed by atoms with van der Waals surface area (Å²) in [6, 6.07) is 9.94. The number of benzene rings is 1. The van der Waals surface area contributed by atoms with Gasteiger partial charge in [-0.3, -0.25) is 19.1 Å². The van der Waals surface area contributed by atoms with Crippen molar-refractivity contribution < 1.29 is 18.7 Å². The summed E-state index contributed by atoms with van der Waals surface area (Å²) in [6.07, 6.45) is 4.07. The van der Waals surface area contributed by atoms with Gasteiger partial charge in [0.05, 0.1) is 17.9 Å². The highest BCUT2D eigenvalue weighted by molar-refractivity contribution is 5.96. The van der Waals surface area contributed by atoms with E-state index in [-0.39, 0.29) is 24.8 Å². The number of nitrogens with zero attached hydrogens (tertiary/aromatic N) is 4. The SMILES string of the molecule is CCCCc1nc(O)c(C(=O)N2CCC(c3ncc(F)cc3F)C2)c(=O)n1C(CC)c1ccccc1. The molecule has 0 saturated carbocycles. The zero-order chi connectivity index (χ0) is 25.8. The summed E-state index contributed by atoms with van der Waals surface area (Å²) in [5.74, 6) is -2.80. The number of aryl methyl sites for hydroxylation is 1. The summed E-state index contributed by atoms with van der Waals surface area (Å²) in [4.78, 5) is 36.8. The van der Waals surface area contributed by atoms with Gasteiger partial charge in [0, 0.05) is 31.5 Å². The van der Waals surface area contributed by atoms with Gasteiger partial charge in [0.25, 0.3) is 11.5 Å². The number of hydrogen-bond acceptors (Lipinski definition) is 5. The summed E-state index contributed by atoms with van der Waals surface area (Å²) in [5.41, 5.74) is 0.00277. The van der Waals surface area contributed by atoms with E-state index in [9.17, 15) is 23.5 Å². The topological polar surface area (TPSA) is 88.3 Å². The number of rotatable bonds is 8. The first-order valence-corrected chi connectivity index (χ1v) is 12.3. The molecule has 1 aliphatic rings. The maximum atomic E-state index is 14.3. The zero-order valence-corrected chi connectivity index (χ0v) is 20.5. The van der Waals surface area contributed by atoms with E-state index in [1.807, 2.05) is 44.2 Å². The molecule has 2 unspecified atom stereocenters. The Hall–Kier alpha value is -3.62. The van der Waals surface area contributed by atoms with E-state index in [1.165, 1.54) is 9.47 Å². The van der Waals surface area contributed by atoms with E-state index in [2.05, 4.69) is 9.97 Å². The molecular weight excluding hydrogens is 466 g/mol. The van der Waals surface area contributed by atoms with Gasteiger partial charge in [-0.15, -0.1) is 0 Å². The fraction of sp³-hybridized carbons (Fsp3) is 0.407. The Kier molecular flexibility index (Phi) is 7.76. The Bertz CT molecular complexity index is 1300. The number of pyridine rings is 1. The van der Waals surface area contributed by atoms with Crippen molar-refractivity contribution >= 4 is 5.91 Å². The van der Waals surface area contributed by atoms with Crippen LogP contribution in [-0.2, 0) is 6.42 Å². The van der Waals surface area contributed by atoms with Gasteiger partial charge < -0.3 is 10.0 Å². The lowest BCUT2D eigenvalue weighted by atomic mass is 10.0. The molecule has 0 radical (unpaired) electrons. The molecule has 1 amide bonds. The molecule has 36 heavy (non-hydrogen) atoms. The van der Waals surface area contributed by atoms with E-state index in [1.54, 1.807) is 0 Å². The van der Waals surface area contributed by atoms with Gasteiger partial charge in [-0.05, 0) is 24.8 Å². The number of carbonyl (C=O) groups is 1. The first-order chi connectivity index (χ1) is 17.3. The average Bonchev–Trinajstić information content (AvgIpc) is 3.35. The van der Waals surface area contributed by atoms with E-state index < -0.39 is 40.5 Å². The van der Waals surface area contributed by atoms with Crippen LogP contribution in [0.5, 0.6) is 5.88 Å². The first kappa shape index (κ1) is 25.5. The highest BCUT2D eigenvalue weighted by Gasteiger charge is 2.34. The number of halogens is 2. The maximum absolute atomic E-state index is 14.3. The number of aromatic nitrogens is 3. The van der Waals surface area contributed by atoms with Crippen molar-refractivity contribution in [2.75, 3.05) is 13.1 Å². The van der Waals surface area contributed by atoms with E-state index in [4.69, 9.17) is 0 Å². The predicted octanol–water partition coefficient (Wildman–Crippen LogP) is 4.59.